The van der Waals surface area contributed by atoms with Crippen LogP contribution in [0.5, 0.6) is 5.75 Å². The zero-order chi connectivity index (χ0) is 19.8. The van der Waals surface area contributed by atoms with Crippen LogP contribution < -0.4 is 9.88 Å². The highest BCUT2D eigenvalue weighted by atomic mass is 32.2. The fourth-order valence-electron chi connectivity index (χ4n) is 2.46. The van der Waals surface area contributed by atoms with Crippen LogP contribution >= 0.6 is 0 Å². The number of alkyl halides is 3. The van der Waals surface area contributed by atoms with Crippen molar-refractivity contribution in [3.05, 3.63) is 60.3 Å². The normalized spacial score (nSPS) is 12.2. The molecule has 0 radical (unpaired) electrons. The van der Waals surface area contributed by atoms with Crippen LogP contribution in [0, 0.1) is 0 Å². The lowest BCUT2D eigenvalue weighted by atomic mass is 10.1. The average molecular weight is 396 g/mol. The molecule has 0 saturated carbocycles. The van der Waals surface area contributed by atoms with E-state index in [2.05, 4.69) is 5.10 Å². The first-order chi connectivity index (χ1) is 12.6. The summed E-state index contributed by atoms with van der Waals surface area (Å²) < 4.78 is 68.3. The molecule has 0 atom stereocenters. The second-order valence-electron chi connectivity index (χ2n) is 5.59. The van der Waals surface area contributed by atoms with E-state index in [1.807, 2.05) is 0 Å². The Hall–Kier alpha value is -2.85. The van der Waals surface area contributed by atoms with Gasteiger partial charge in [-0.3, -0.25) is 0 Å². The van der Waals surface area contributed by atoms with Gasteiger partial charge in [-0.25, -0.2) is 18.2 Å². The molecule has 0 aliphatic rings. The molecule has 0 unspecified atom stereocenters. The maximum atomic E-state index is 13.2. The number of hydrogen-bond acceptors (Lipinski definition) is 4. The number of nitrogens with zero attached hydrogens (tertiary/aromatic N) is 2. The molecule has 0 bridgehead atoms. The van der Waals surface area contributed by atoms with Crippen molar-refractivity contribution in [2.24, 2.45) is 5.14 Å². The van der Waals surface area contributed by atoms with E-state index in [1.165, 1.54) is 31.4 Å². The van der Waals surface area contributed by atoms with Gasteiger partial charge in [-0.2, -0.15) is 18.3 Å². The van der Waals surface area contributed by atoms with Gasteiger partial charge in [-0.1, -0.05) is 0 Å². The van der Waals surface area contributed by atoms with Gasteiger partial charge in [0.05, 0.1) is 23.4 Å². The molecule has 1 aromatic heterocycles. The van der Waals surface area contributed by atoms with Crippen LogP contribution in [-0.2, 0) is 16.2 Å². The van der Waals surface area contributed by atoms with Crippen molar-refractivity contribution in [1.29, 1.82) is 0 Å². The number of benzene rings is 2. The summed E-state index contributed by atoms with van der Waals surface area (Å²) in [5.41, 5.74) is -0.143. The van der Waals surface area contributed by atoms with E-state index in [9.17, 15) is 21.6 Å². The third-order valence-corrected chi connectivity index (χ3v) is 4.72. The van der Waals surface area contributed by atoms with Gasteiger partial charge in [0.1, 0.15) is 5.75 Å². The van der Waals surface area contributed by atoms with Gasteiger partial charge in [-0.05, 0) is 54.6 Å². The van der Waals surface area contributed by atoms with Gasteiger partial charge < -0.3 is 4.74 Å². The Kier molecular flexibility index (Phi) is 4.70. The smallest absolute Gasteiger partial charge is 0.435 e. The molecule has 0 aliphatic carbocycles. The van der Waals surface area contributed by atoms with Crippen LogP contribution in [-0.4, -0.2) is 25.3 Å². The van der Waals surface area contributed by atoms with Crippen LogP contribution in [0.15, 0.2) is 59.5 Å². The monoisotopic (exact) mass is 396 g/mol. The van der Waals surface area contributed by atoms with Crippen LogP contribution in [0.1, 0.15) is 5.69 Å². The third kappa shape index (κ3) is 3.96. The molecule has 0 aliphatic heterocycles. The second kappa shape index (κ2) is 6.71. The molecular formula is C17H14F3N3O3S. The standard InChI is InChI=1S/C17H14F3N3O3S/c1-26-13-6-2-11(3-7-13)15-10-16(17(18,19)20)22-23(15)12-4-8-14(9-5-12)27(21,24)25/h2-10H,1H3,(H2,21,24,25)/i1-1. The predicted octanol–water partition coefficient (Wildman–Crippen LogP) is 3.21. The SMILES string of the molecule is [11CH3]Oc1ccc(-c2cc(C(F)(F)F)nn2-c2ccc(S(N)(=O)=O)cc2)cc1. The van der Waals surface area contributed by atoms with Gasteiger partial charge in [0.25, 0.3) is 0 Å². The Morgan fingerprint density at radius 3 is 2.11 bits per heavy atom. The highest BCUT2D eigenvalue weighted by Gasteiger charge is 2.35. The number of sulfonamides is 1. The van der Waals surface area contributed by atoms with E-state index in [-0.39, 0.29) is 16.3 Å². The summed E-state index contributed by atoms with van der Waals surface area (Å²) >= 11 is 0. The lowest BCUT2D eigenvalue weighted by Crippen LogP contribution is -2.12. The Morgan fingerprint density at radius 2 is 1.63 bits per heavy atom. The summed E-state index contributed by atoms with van der Waals surface area (Å²) in [4.78, 5) is -0.152. The van der Waals surface area contributed by atoms with Gasteiger partial charge in [0.2, 0.25) is 10.0 Å². The largest absolute Gasteiger partial charge is 0.497 e. The minimum absolute atomic E-state index is 0.152. The van der Waals surface area contributed by atoms with E-state index in [0.717, 1.165) is 10.7 Å². The molecule has 2 aromatic carbocycles. The minimum atomic E-state index is -4.63. The first-order valence-corrected chi connectivity index (χ1v) is 9.09. The molecule has 2 N–H and O–H groups in total. The molecule has 0 amide bonds. The zero-order valence-corrected chi connectivity index (χ0v) is 14.8. The van der Waals surface area contributed by atoms with Crippen LogP contribution in [0.3, 0.4) is 0 Å². The van der Waals surface area contributed by atoms with E-state index in [4.69, 9.17) is 9.88 Å². The summed E-state index contributed by atoms with van der Waals surface area (Å²) in [7, 11) is -2.43. The fourth-order valence-corrected chi connectivity index (χ4v) is 2.98. The molecule has 0 fully saturated rings. The summed E-state index contributed by atoms with van der Waals surface area (Å²) in [5.74, 6) is 0.554. The number of methoxy groups -OCH3 is 1. The topological polar surface area (TPSA) is 87.2 Å². The second-order valence-corrected chi connectivity index (χ2v) is 7.15. The van der Waals surface area contributed by atoms with Crippen molar-refractivity contribution in [3.8, 4) is 22.7 Å². The Labute approximate surface area is 153 Å². The number of primary sulfonamides is 1. The summed E-state index contributed by atoms with van der Waals surface area (Å²) in [6, 6.07) is 12.4. The number of aromatic nitrogens is 2. The Morgan fingerprint density at radius 1 is 1.04 bits per heavy atom. The molecule has 0 saturated heterocycles. The van der Waals surface area contributed by atoms with Gasteiger partial charge >= 0.3 is 6.18 Å². The van der Waals surface area contributed by atoms with E-state index in [0.29, 0.717) is 11.3 Å². The van der Waals surface area contributed by atoms with Crippen molar-refractivity contribution in [1.82, 2.24) is 9.78 Å². The molecule has 1 heterocycles. The van der Waals surface area contributed by atoms with Crippen LogP contribution in [0.4, 0.5) is 13.2 Å². The predicted molar refractivity (Wildman–Crippen MR) is 91.9 cm³/mol. The fraction of sp³-hybridized carbons (Fsp3) is 0.118. The lowest BCUT2D eigenvalue weighted by Gasteiger charge is -2.09. The van der Waals surface area contributed by atoms with E-state index < -0.39 is 21.9 Å². The highest BCUT2D eigenvalue weighted by molar-refractivity contribution is 7.89. The minimum Gasteiger partial charge on any atom is -0.497 e. The third-order valence-electron chi connectivity index (χ3n) is 3.80. The van der Waals surface area contributed by atoms with E-state index in [1.54, 1.807) is 24.3 Å². The quantitative estimate of drug-likeness (QED) is 0.734. The van der Waals surface area contributed by atoms with Gasteiger partial charge in [0.15, 0.2) is 5.69 Å². The highest BCUT2D eigenvalue weighted by Crippen LogP contribution is 2.33. The van der Waals surface area contributed by atoms with Crippen LogP contribution in [0.2, 0.25) is 0 Å². The number of nitrogens with two attached hydrogens (primary N) is 1. The first-order valence-electron chi connectivity index (χ1n) is 7.54. The summed E-state index contributed by atoms with van der Waals surface area (Å²) in [6.45, 7) is 0. The zero-order valence-electron chi connectivity index (χ0n) is 13.9. The van der Waals surface area contributed by atoms with Crippen molar-refractivity contribution >= 4 is 10.0 Å². The molecule has 27 heavy (non-hydrogen) atoms. The van der Waals surface area contributed by atoms with Crippen molar-refractivity contribution in [2.45, 2.75) is 11.1 Å². The molecule has 0 spiro atoms. The molecular weight excluding hydrogens is 382 g/mol. The molecule has 10 heteroatoms. The number of hydrogen-bond donors (Lipinski definition) is 1. The molecule has 142 valence electrons. The summed E-state index contributed by atoms with van der Waals surface area (Å²) in [6.07, 6.45) is -4.63. The average Bonchev–Trinajstić information content (AvgIpc) is 3.07. The summed E-state index contributed by atoms with van der Waals surface area (Å²) in [5, 5.41) is 8.69. The van der Waals surface area contributed by atoms with Gasteiger partial charge in [-0.15, -0.1) is 0 Å². The van der Waals surface area contributed by atoms with Crippen LogP contribution in [0.25, 0.3) is 16.9 Å². The van der Waals surface area contributed by atoms with Crippen molar-refractivity contribution in [3.63, 3.8) is 0 Å². The maximum Gasteiger partial charge on any atom is 0.435 e. The number of ether oxygens (including phenoxy) is 1. The van der Waals surface area contributed by atoms with Crippen molar-refractivity contribution in [2.75, 3.05) is 7.11 Å². The van der Waals surface area contributed by atoms with Gasteiger partial charge in [0, 0.05) is 5.56 Å². The number of halogens is 3. The first kappa shape index (κ1) is 18.9. The Bertz CT molecular complexity index is 1060. The van der Waals surface area contributed by atoms with Crippen molar-refractivity contribution < 1.29 is 26.3 Å². The maximum absolute atomic E-state index is 13.2. The molecule has 3 rings (SSSR count). The van der Waals surface area contributed by atoms with E-state index >= 15 is 0 Å². The Balaban J connectivity index is 2.14. The molecule has 3 aromatic rings. The number of rotatable bonds is 4. The molecule has 6 nitrogen and oxygen atoms in total. The lowest BCUT2D eigenvalue weighted by molar-refractivity contribution is -0.141.